The Labute approximate surface area is 178 Å². The Kier molecular flexibility index (Phi) is 7.58. The second-order valence-electron chi connectivity index (χ2n) is 7.23. The van der Waals surface area contributed by atoms with Gasteiger partial charge in [0.05, 0.1) is 5.57 Å². The van der Waals surface area contributed by atoms with Gasteiger partial charge in [-0.15, -0.1) is 10.2 Å². The number of hydrogen-bond donors (Lipinski definition) is 1. The van der Waals surface area contributed by atoms with Crippen molar-refractivity contribution < 1.29 is 18.0 Å². The molecule has 0 radical (unpaired) electrons. The molecule has 30 heavy (non-hydrogen) atoms. The van der Waals surface area contributed by atoms with Gasteiger partial charge in [-0.2, -0.15) is 13.2 Å². The third kappa shape index (κ3) is 5.65. The van der Waals surface area contributed by atoms with E-state index in [2.05, 4.69) is 20.1 Å². The molecular weight excluding hydrogens is 413 g/mol. The van der Waals surface area contributed by atoms with E-state index in [0.29, 0.717) is 25.0 Å². The van der Waals surface area contributed by atoms with Crippen LogP contribution in [-0.4, -0.2) is 39.6 Å². The molecule has 3 rings (SSSR count). The normalized spacial score (nSPS) is 15.5. The zero-order valence-corrected chi connectivity index (χ0v) is 17.6. The van der Waals surface area contributed by atoms with Gasteiger partial charge in [-0.1, -0.05) is 54.9 Å². The van der Waals surface area contributed by atoms with Gasteiger partial charge in [-0.05, 0) is 31.1 Å². The number of allylic oxidation sites excluding steroid dienone is 1. The van der Waals surface area contributed by atoms with Gasteiger partial charge in [0, 0.05) is 25.1 Å². The van der Waals surface area contributed by atoms with Crippen LogP contribution in [-0.2, 0) is 11.2 Å². The average molecular weight is 439 g/mol. The van der Waals surface area contributed by atoms with Crippen molar-refractivity contribution in [1.82, 2.24) is 20.1 Å². The van der Waals surface area contributed by atoms with Crippen molar-refractivity contribution in [1.29, 1.82) is 0 Å². The Morgan fingerprint density at radius 3 is 2.57 bits per heavy atom. The number of aromatic nitrogens is 3. The van der Waals surface area contributed by atoms with Crippen molar-refractivity contribution in [2.45, 2.75) is 55.9 Å². The van der Waals surface area contributed by atoms with E-state index in [-0.39, 0.29) is 12.1 Å². The van der Waals surface area contributed by atoms with Crippen LogP contribution in [0.15, 0.2) is 41.6 Å². The SMILES string of the molecule is CSc1nnc(CCCNC(=O)/C=C(/c2ccccc2)C(F)(F)F)n1C1CCCC1. The first-order valence-electron chi connectivity index (χ1n) is 10.00. The van der Waals surface area contributed by atoms with Crippen molar-refractivity contribution in [2.24, 2.45) is 0 Å². The van der Waals surface area contributed by atoms with E-state index in [0.717, 1.165) is 23.8 Å². The molecular formula is C21H25F3N4OS. The second kappa shape index (κ2) is 10.1. The first kappa shape index (κ1) is 22.4. The van der Waals surface area contributed by atoms with E-state index < -0.39 is 17.7 Å². The van der Waals surface area contributed by atoms with E-state index in [1.165, 1.54) is 37.1 Å². The first-order valence-corrected chi connectivity index (χ1v) is 11.2. The number of nitrogens with zero attached hydrogens (tertiary/aromatic N) is 3. The van der Waals surface area contributed by atoms with Crippen LogP contribution >= 0.6 is 11.8 Å². The number of alkyl halides is 3. The van der Waals surface area contributed by atoms with Gasteiger partial charge in [0.2, 0.25) is 5.91 Å². The molecule has 1 aliphatic carbocycles. The summed E-state index contributed by atoms with van der Waals surface area (Å²) in [5, 5.41) is 12.0. The van der Waals surface area contributed by atoms with Gasteiger partial charge in [0.15, 0.2) is 5.16 Å². The summed E-state index contributed by atoms with van der Waals surface area (Å²) in [4.78, 5) is 12.1. The number of aryl methyl sites for hydroxylation is 1. The lowest BCUT2D eigenvalue weighted by molar-refractivity contribution is -0.117. The number of halogens is 3. The number of benzene rings is 1. The Hall–Kier alpha value is -2.29. The summed E-state index contributed by atoms with van der Waals surface area (Å²) in [6.45, 7) is 0.265. The first-order chi connectivity index (χ1) is 14.4. The largest absolute Gasteiger partial charge is 0.417 e. The van der Waals surface area contributed by atoms with Crippen molar-refractivity contribution in [2.75, 3.05) is 12.8 Å². The zero-order chi connectivity index (χ0) is 21.6. The van der Waals surface area contributed by atoms with Crippen LogP contribution in [0.3, 0.4) is 0 Å². The number of amides is 1. The highest BCUT2D eigenvalue weighted by Crippen LogP contribution is 2.34. The van der Waals surface area contributed by atoms with Gasteiger partial charge in [-0.3, -0.25) is 4.79 Å². The summed E-state index contributed by atoms with van der Waals surface area (Å²) in [6, 6.07) is 7.74. The second-order valence-corrected chi connectivity index (χ2v) is 8.00. The fourth-order valence-electron chi connectivity index (χ4n) is 3.73. The maximum absolute atomic E-state index is 13.3. The molecule has 0 bridgehead atoms. The number of hydrogen-bond acceptors (Lipinski definition) is 4. The smallest absolute Gasteiger partial charge is 0.353 e. The molecule has 1 aliphatic rings. The van der Waals surface area contributed by atoms with Gasteiger partial charge < -0.3 is 9.88 Å². The summed E-state index contributed by atoms with van der Waals surface area (Å²) in [7, 11) is 0. The number of rotatable bonds is 8. The molecule has 0 saturated heterocycles. The maximum Gasteiger partial charge on any atom is 0.417 e. The lowest BCUT2D eigenvalue weighted by atomic mass is 10.1. The fourth-order valence-corrected chi connectivity index (χ4v) is 4.31. The minimum Gasteiger partial charge on any atom is -0.353 e. The Morgan fingerprint density at radius 2 is 1.93 bits per heavy atom. The average Bonchev–Trinajstić information content (AvgIpc) is 3.38. The Morgan fingerprint density at radius 1 is 1.23 bits per heavy atom. The minimum atomic E-state index is -4.61. The lowest BCUT2D eigenvalue weighted by Crippen LogP contribution is -2.25. The van der Waals surface area contributed by atoms with Crippen LogP contribution in [0.25, 0.3) is 5.57 Å². The number of carbonyl (C=O) groups is 1. The summed E-state index contributed by atoms with van der Waals surface area (Å²) in [6.07, 6.45) is 3.79. The lowest BCUT2D eigenvalue weighted by Gasteiger charge is -2.16. The summed E-state index contributed by atoms with van der Waals surface area (Å²) >= 11 is 1.56. The van der Waals surface area contributed by atoms with E-state index >= 15 is 0 Å². The highest BCUT2D eigenvalue weighted by molar-refractivity contribution is 7.98. The quantitative estimate of drug-likeness (QED) is 0.365. The van der Waals surface area contributed by atoms with Gasteiger partial charge in [-0.25, -0.2) is 0 Å². The van der Waals surface area contributed by atoms with Crippen LogP contribution in [0.5, 0.6) is 0 Å². The van der Waals surface area contributed by atoms with Crippen molar-refractivity contribution >= 4 is 23.2 Å². The van der Waals surface area contributed by atoms with E-state index in [1.54, 1.807) is 17.8 Å². The van der Waals surface area contributed by atoms with Crippen LogP contribution < -0.4 is 5.32 Å². The van der Waals surface area contributed by atoms with Crippen molar-refractivity contribution in [3.63, 3.8) is 0 Å². The summed E-state index contributed by atoms with van der Waals surface area (Å²) < 4.78 is 42.2. The molecule has 1 N–H and O–H groups in total. The third-order valence-electron chi connectivity index (χ3n) is 5.15. The van der Waals surface area contributed by atoms with E-state index in [4.69, 9.17) is 0 Å². The van der Waals surface area contributed by atoms with E-state index in [1.807, 2.05) is 6.26 Å². The molecule has 0 unspecified atom stereocenters. The van der Waals surface area contributed by atoms with Crippen LogP contribution in [0, 0.1) is 0 Å². The molecule has 0 atom stereocenters. The molecule has 1 amide bonds. The zero-order valence-electron chi connectivity index (χ0n) is 16.8. The van der Waals surface area contributed by atoms with Gasteiger partial charge in [0.1, 0.15) is 5.82 Å². The molecule has 2 aromatic rings. The number of carbonyl (C=O) groups excluding carboxylic acids is 1. The van der Waals surface area contributed by atoms with Crippen molar-refractivity contribution in [3.8, 4) is 0 Å². The highest BCUT2D eigenvalue weighted by Gasteiger charge is 2.35. The fraction of sp³-hybridized carbons (Fsp3) is 0.476. The molecule has 1 saturated carbocycles. The van der Waals surface area contributed by atoms with Gasteiger partial charge in [0.25, 0.3) is 0 Å². The number of thioether (sulfide) groups is 1. The summed E-state index contributed by atoms with van der Waals surface area (Å²) in [5.41, 5.74) is -0.986. The van der Waals surface area contributed by atoms with Gasteiger partial charge >= 0.3 is 6.18 Å². The maximum atomic E-state index is 13.3. The standard InChI is InChI=1S/C21H25F3N4OS/c1-30-20-27-26-18(28(20)16-10-5-6-11-16)12-7-13-25-19(29)14-17(21(22,23)24)15-8-3-2-4-9-15/h2-4,8-9,14,16H,5-7,10-13H2,1H3,(H,25,29)/b17-14-. The van der Waals surface area contributed by atoms with Crippen LogP contribution in [0.1, 0.15) is 49.5 Å². The van der Waals surface area contributed by atoms with E-state index in [9.17, 15) is 18.0 Å². The molecule has 0 spiro atoms. The highest BCUT2D eigenvalue weighted by atomic mass is 32.2. The molecule has 0 aliphatic heterocycles. The topological polar surface area (TPSA) is 59.8 Å². The number of nitrogens with one attached hydrogen (secondary N) is 1. The van der Waals surface area contributed by atoms with Crippen molar-refractivity contribution in [3.05, 3.63) is 47.8 Å². The summed E-state index contributed by atoms with van der Waals surface area (Å²) in [5.74, 6) is 0.115. The molecule has 5 nitrogen and oxygen atoms in total. The molecule has 9 heteroatoms. The monoisotopic (exact) mass is 438 g/mol. The van der Waals surface area contributed by atoms with Crippen LogP contribution in [0.4, 0.5) is 13.2 Å². The molecule has 1 heterocycles. The molecule has 1 fully saturated rings. The molecule has 1 aromatic carbocycles. The Balaban J connectivity index is 1.58. The predicted octanol–water partition coefficient (Wildman–Crippen LogP) is 4.81. The Bertz CT molecular complexity index is 874. The third-order valence-corrected chi connectivity index (χ3v) is 5.79. The van der Waals surface area contributed by atoms with Crippen LogP contribution in [0.2, 0.25) is 0 Å². The molecule has 1 aromatic heterocycles. The predicted molar refractivity (Wildman–Crippen MR) is 111 cm³/mol. The minimum absolute atomic E-state index is 0.0330. The molecule has 162 valence electrons.